The van der Waals surface area contributed by atoms with Crippen molar-refractivity contribution in [3.05, 3.63) is 45.6 Å². The Morgan fingerprint density at radius 1 is 1.32 bits per heavy atom. The number of benzene rings is 1. The SMILES string of the molecule is CC1=NC2=C(C(=O)CCC2)[C@H](c2ccc(C(F)(F)F)cc2Cl)C1C#N. The van der Waals surface area contributed by atoms with Gasteiger partial charge in [0.15, 0.2) is 5.78 Å². The first-order valence-electron chi connectivity index (χ1n) is 7.81. The highest BCUT2D eigenvalue weighted by Crippen LogP contribution is 2.45. The van der Waals surface area contributed by atoms with Crippen molar-refractivity contribution in [2.45, 2.75) is 38.3 Å². The van der Waals surface area contributed by atoms with Crippen molar-refractivity contribution in [1.82, 2.24) is 0 Å². The molecule has 7 heteroatoms. The van der Waals surface area contributed by atoms with Crippen LogP contribution in [0.5, 0.6) is 0 Å². The van der Waals surface area contributed by atoms with E-state index < -0.39 is 23.6 Å². The third-order valence-electron chi connectivity index (χ3n) is 4.64. The summed E-state index contributed by atoms with van der Waals surface area (Å²) in [6, 6.07) is 5.18. The van der Waals surface area contributed by atoms with E-state index in [9.17, 15) is 23.2 Å². The number of carbonyl (C=O) groups excluding carboxylic acids is 1. The number of hydrogen-bond donors (Lipinski definition) is 0. The van der Waals surface area contributed by atoms with Gasteiger partial charge in [0.05, 0.1) is 17.6 Å². The van der Waals surface area contributed by atoms with Gasteiger partial charge in [0.2, 0.25) is 0 Å². The summed E-state index contributed by atoms with van der Waals surface area (Å²) < 4.78 is 38.7. The van der Waals surface area contributed by atoms with Crippen LogP contribution in [0.15, 0.2) is 34.5 Å². The van der Waals surface area contributed by atoms with Crippen LogP contribution in [-0.2, 0) is 11.0 Å². The van der Waals surface area contributed by atoms with E-state index in [-0.39, 0.29) is 10.8 Å². The molecule has 0 N–H and O–H groups in total. The molecule has 25 heavy (non-hydrogen) atoms. The molecule has 0 spiro atoms. The van der Waals surface area contributed by atoms with Gasteiger partial charge in [0, 0.05) is 34.3 Å². The molecule has 2 aliphatic rings. The summed E-state index contributed by atoms with van der Waals surface area (Å²) in [6.07, 6.45) is -2.86. The summed E-state index contributed by atoms with van der Waals surface area (Å²) >= 11 is 6.13. The number of nitrogens with zero attached hydrogens (tertiary/aromatic N) is 2. The number of ketones is 1. The quantitative estimate of drug-likeness (QED) is 0.697. The van der Waals surface area contributed by atoms with E-state index in [1.807, 2.05) is 0 Å². The molecule has 1 unspecified atom stereocenters. The minimum atomic E-state index is -4.51. The highest BCUT2D eigenvalue weighted by atomic mass is 35.5. The van der Waals surface area contributed by atoms with Gasteiger partial charge in [0.1, 0.15) is 0 Å². The minimum absolute atomic E-state index is 0.0972. The van der Waals surface area contributed by atoms with Gasteiger partial charge in [-0.2, -0.15) is 18.4 Å². The second-order valence-corrected chi connectivity index (χ2v) is 6.62. The predicted octanol–water partition coefficient (Wildman–Crippen LogP) is 5.06. The molecule has 0 radical (unpaired) electrons. The third kappa shape index (κ3) is 3.09. The molecule has 3 rings (SSSR count). The van der Waals surface area contributed by atoms with E-state index in [1.54, 1.807) is 6.92 Å². The van der Waals surface area contributed by atoms with Crippen molar-refractivity contribution in [3.63, 3.8) is 0 Å². The summed E-state index contributed by atoms with van der Waals surface area (Å²) in [7, 11) is 0. The fourth-order valence-electron chi connectivity index (χ4n) is 3.46. The number of rotatable bonds is 1. The van der Waals surface area contributed by atoms with E-state index in [1.165, 1.54) is 6.07 Å². The molecule has 0 saturated carbocycles. The monoisotopic (exact) mass is 366 g/mol. The van der Waals surface area contributed by atoms with Crippen molar-refractivity contribution in [2.24, 2.45) is 10.9 Å². The molecule has 2 atom stereocenters. The molecular formula is C18H14ClF3N2O. The summed E-state index contributed by atoms with van der Waals surface area (Å²) in [5, 5.41) is 9.46. The first-order valence-corrected chi connectivity index (χ1v) is 8.19. The molecule has 0 bridgehead atoms. The van der Waals surface area contributed by atoms with Crippen LogP contribution in [0.3, 0.4) is 0 Å². The zero-order chi connectivity index (χ0) is 18.4. The van der Waals surface area contributed by atoms with Gasteiger partial charge in [-0.1, -0.05) is 17.7 Å². The average Bonchev–Trinajstić information content (AvgIpc) is 2.53. The van der Waals surface area contributed by atoms with Gasteiger partial charge < -0.3 is 0 Å². The van der Waals surface area contributed by atoms with E-state index in [2.05, 4.69) is 11.1 Å². The van der Waals surface area contributed by atoms with Gasteiger partial charge in [-0.3, -0.25) is 9.79 Å². The largest absolute Gasteiger partial charge is 0.416 e. The van der Waals surface area contributed by atoms with Crippen LogP contribution in [-0.4, -0.2) is 11.5 Å². The number of aliphatic imine (C=N–C) groups is 1. The van der Waals surface area contributed by atoms with Crippen LogP contribution in [0, 0.1) is 17.2 Å². The van der Waals surface area contributed by atoms with E-state index in [4.69, 9.17) is 11.6 Å². The number of hydrogen-bond acceptors (Lipinski definition) is 3. The highest BCUT2D eigenvalue weighted by Gasteiger charge is 2.40. The molecule has 1 aliphatic carbocycles. The average molecular weight is 367 g/mol. The minimum Gasteiger partial charge on any atom is -0.294 e. The highest BCUT2D eigenvalue weighted by molar-refractivity contribution is 6.31. The van der Waals surface area contributed by atoms with Crippen molar-refractivity contribution in [3.8, 4) is 6.07 Å². The Hall–Kier alpha value is -2.13. The van der Waals surface area contributed by atoms with Crippen molar-refractivity contribution in [1.29, 1.82) is 5.26 Å². The molecule has 1 aliphatic heterocycles. The van der Waals surface area contributed by atoms with Gasteiger partial charge in [-0.25, -0.2) is 0 Å². The summed E-state index contributed by atoms with van der Waals surface area (Å²) in [5.74, 6) is -1.52. The molecule has 1 aromatic rings. The number of alkyl halides is 3. The molecule has 0 fully saturated rings. The smallest absolute Gasteiger partial charge is 0.294 e. The third-order valence-corrected chi connectivity index (χ3v) is 4.96. The van der Waals surface area contributed by atoms with Gasteiger partial charge >= 0.3 is 6.18 Å². The first-order chi connectivity index (χ1) is 11.7. The van der Waals surface area contributed by atoms with Crippen LogP contribution in [0.1, 0.15) is 43.2 Å². The van der Waals surface area contributed by atoms with Gasteiger partial charge in [0.25, 0.3) is 0 Å². The summed E-state index contributed by atoms with van der Waals surface area (Å²) in [6.45, 7) is 1.70. The Balaban J connectivity index is 2.16. The Morgan fingerprint density at radius 3 is 2.64 bits per heavy atom. The van der Waals surface area contributed by atoms with E-state index >= 15 is 0 Å². The maximum absolute atomic E-state index is 12.9. The number of Topliss-reactive ketones (excluding diaryl/α,β-unsaturated/α-hetero) is 1. The maximum atomic E-state index is 12.9. The molecule has 3 nitrogen and oxygen atoms in total. The van der Waals surface area contributed by atoms with Crippen molar-refractivity contribution < 1.29 is 18.0 Å². The molecule has 1 heterocycles. The zero-order valence-electron chi connectivity index (χ0n) is 13.3. The van der Waals surface area contributed by atoms with Crippen LogP contribution in [0.4, 0.5) is 13.2 Å². The molecule has 1 aromatic carbocycles. The van der Waals surface area contributed by atoms with E-state index in [0.29, 0.717) is 41.8 Å². The predicted molar refractivity (Wildman–Crippen MR) is 87.3 cm³/mol. The lowest BCUT2D eigenvalue weighted by molar-refractivity contribution is -0.137. The van der Waals surface area contributed by atoms with Gasteiger partial charge in [-0.15, -0.1) is 0 Å². The fourth-order valence-corrected chi connectivity index (χ4v) is 3.76. The maximum Gasteiger partial charge on any atom is 0.416 e. The lowest BCUT2D eigenvalue weighted by Gasteiger charge is -2.33. The molecule has 0 amide bonds. The molecule has 0 aromatic heterocycles. The van der Waals surface area contributed by atoms with Crippen molar-refractivity contribution >= 4 is 23.1 Å². The second-order valence-electron chi connectivity index (χ2n) is 6.21. The molecule has 130 valence electrons. The Kier molecular flexibility index (Phi) is 4.46. The Bertz CT molecular complexity index is 849. The van der Waals surface area contributed by atoms with Crippen LogP contribution >= 0.6 is 11.6 Å². The standard InChI is InChI=1S/C18H14ClF3N2O/c1-9-12(8-23)16(17-14(24-9)3-2-4-15(17)25)11-6-5-10(7-13(11)19)18(20,21)22/h5-7,12,16H,2-4H2,1H3/t12?,16-/m1/s1. The second kappa shape index (κ2) is 6.30. The fraction of sp³-hybridized carbons (Fsp3) is 0.389. The van der Waals surface area contributed by atoms with Crippen LogP contribution < -0.4 is 0 Å². The number of halogens is 4. The lowest BCUT2D eigenvalue weighted by Crippen LogP contribution is -2.30. The Morgan fingerprint density at radius 2 is 2.04 bits per heavy atom. The van der Waals surface area contributed by atoms with E-state index in [0.717, 1.165) is 12.1 Å². The topological polar surface area (TPSA) is 53.2 Å². The molecule has 0 saturated heterocycles. The van der Waals surface area contributed by atoms with Crippen LogP contribution in [0.2, 0.25) is 5.02 Å². The summed E-state index contributed by atoms with van der Waals surface area (Å²) in [5.41, 5.74) is 1.10. The molecular weight excluding hydrogens is 353 g/mol. The number of allylic oxidation sites excluding steroid dienone is 2. The summed E-state index contributed by atoms with van der Waals surface area (Å²) in [4.78, 5) is 16.9. The number of nitriles is 1. The Labute approximate surface area is 147 Å². The lowest BCUT2D eigenvalue weighted by atomic mass is 9.72. The van der Waals surface area contributed by atoms with Gasteiger partial charge in [-0.05, 0) is 37.5 Å². The van der Waals surface area contributed by atoms with Crippen LogP contribution in [0.25, 0.3) is 0 Å². The first kappa shape index (κ1) is 17.7. The van der Waals surface area contributed by atoms with Crippen molar-refractivity contribution in [2.75, 3.05) is 0 Å². The zero-order valence-corrected chi connectivity index (χ0v) is 14.1. The normalized spacial score (nSPS) is 23.8. The number of carbonyl (C=O) groups is 1.